The normalized spacial score (nSPS) is 14.2. The minimum absolute atomic E-state index is 0.0492. The number of primary sulfonamides is 1. The maximum Gasteiger partial charge on any atom is 0.238 e. The highest BCUT2D eigenvalue weighted by Crippen LogP contribution is 2.39. The van der Waals surface area contributed by atoms with Gasteiger partial charge in [0.25, 0.3) is 0 Å². The Morgan fingerprint density at radius 2 is 1.83 bits per heavy atom. The van der Waals surface area contributed by atoms with E-state index < -0.39 is 10.0 Å². The van der Waals surface area contributed by atoms with Crippen LogP contribution in [0.25, 0.3) is 16.8 Å². The van der Waals surface area contributed by atoms with Crippen molar-refractivity contribution in [3.63, 3.8) is 0 Å². The summed E-state index contributed by atoms with van der Waals surface area (Å²) in [6.45, 7) is 3.92. The number of carbonyl (C=O) groups is 1. The molecule has 1 saturated carbocycles. The molecule has 1 aliphatic rings. The highest BCUT2D eigenvalue weighted by atomic mass is 32.2. The van der Waals surface area contributed by atoms with Crippen LogP contribution in [-0.4, -0.2) is 23.8 Å². The van der Waals surface area contributed by atoms with Crippen LogP contribution < -0.4 is 5.14 Å². The van der Waals surface area contributed by atoms with Gasteiger partial charge in [-0.2, -0.15) is 0 Å². The van der Waals surface area contributed by atoms with Crippen LogP contribution in [0, 0.1) is 19.8 Å². The SMILES string of the molecule is Cc1c(C(=O)CC2CC2)c(-c2ccc(S(N)(=O)=O)cc2)c(C)n1-c1cccnc1. The molecule has 0 spiro atoms. The maximum absolute atomic E-state index is 13.2. The topological polar surface area (TPSA) is 95.0 Å². The molecule has 4 rings (SSSR count). The van der Waals surface area contributed by atoms with E-state index in [1.165, 1.54) is 12.1 Å². The summed E-state index contributed by atoms with van der Waals surface area (Å²) in [7, 11) is -3.77. The molecule has 0 atom stereocenters. The molecule has 0 radical (unpaired) electrons. The number of benzene rings is 1. The van der Waals surface area contributed by atoms with Crippen LogP contribution in [0.15, 0.2) is 53.7 Å². The molecule has 150 valence electrons. The molecular weight excluding hydrogens is 386 g/mol. The lowest BCUT2D eigenvalue weighted by Crippen LogP contribution is -2.11. The highest BCUT2D eigenvalue weighted by Gasteiger charge is 2.30. The Morgan fingerprint density at radius 3 is 2.38 bits per heavy atom. The second-order valence-corrected chi connectivity index (χ2v) is 9.17. The number of aromatic nitrogens is 2. The third-order valence-corrected chi connectivity index (χ3v) is 6.40. The number of hydrogen-bond donors (Lipinski definition) is 1. The molecule has 7 heteroatoms. The summed E-state index contributed by atoms with van der Waals surface area (Å²) in [6.07, 6.45) is 6.23. The molecule has 0 aliphatic heterocycles. The number of rotatable bonds is 6. The second kappa shape index (κ2) is 7.24. The van der Waals surface area contributed by atoms with Crippen molar-refractivity contribution in [2.45, 2.75) is 38.0 Å². The van der Waals surface area contributed by atoms with Gasteiger partial charge in [0.2, 0.25) is 10.0 Å². The van der Waals surface area contributed by atoms with Crippen LogP contribution in [0.5, 0.6) is 0 Å². The summed E-state index contributed by atoms with van der Waals surface area (Å²) in [6, 6.07) is 10.2. The number of ketones is 1. The molecular formula is C22H23N3O3S. The number of pyridine rings is 1. The number of hydrogen-bond acceptors (Lipinski definition) is 4. The largest absolute Gasteiger partial charge is 0.316 e. The first-order valence-corrected chi connectivity index (χ1v) is 11.1. The van der Waals surface area contributed by atoms with Crippen LogP contribution >= 0.6 is 0 Å². The van der Waals surface area contributed by atoms with Gasteiger partial charge in [-0.3, -0.25) is 9.78 Å². The summed E-state index contributed by atoms with van der Waals surface area (Å²) in [4.78, 5) is 17.4. The first kappa shape index (κ1) is 19.5. The third-order valence-electron chi connectivity index (χ3n) is 5.47. The quantitative estimate of drug-likeness (QED) is 0.627. The molecule has 0 bridgehead atoms. The van der Waals surface area contributed by atoms with E-state index in [9.17, 15) is 13.2 Å². The van der Waals surface area contributed by atoms with Gasteiger partial charge in [-0.15, -0.1) is 0 Å². The minimum Gasteiger partial charge on any atom is -0.316 e. The predicted molar refractivity (Wildman–Crippen MR) is 112 cm³/mol. The van der Waals surface area contributed by atoms with E-state index in [2.05, 4.69) is 4.98 Å². The summed E-state index contributed by atoms with van der Waals surface area (Å²) in [5.41, 5.74) is 4.99. The van der Waals surface area contributed by atoms with Crippen molar-refractivity contribution in [3.8, 4) is 16.8 Å². The summed E-state index contributed by atoms with van der Waals surface area (Å²) >= 11 is 0. The van der Waals surface area contributed by atoms with Crippen molar-refractivity contribution in [2.75, 3.05) is 0 Å². The Morgan fingerprint density at radius 1 is 1.14 bits per heavy atom. The highest BCUT2D eigenvalue weighted by molar-refractivity contribution is 7.89. The van der Waals surface area contributed by atoms with Crippen molar-refractivity contribution in [1.29, 1.82) is 0 Å². The summed E-state index contributed by atoms with van der Waals surface area (Å²) < 4.78 is 25.3. The lowest BCUT2D eigenvalue weighted by Gasteiger charge is -2.09. The van der Waals surface area contributed by atoms with E-state index in [1.54, 1.807) is 24.5 Å². The fourth-order valence-corrected chi connectivity index (χ4v) is 4.42. The molecule has 0 amide bonds. The van der Waals surface area contributed by atoms with E-state index in [0.29, 0.717) is 17.9 Å². The van der Waals surface area contributed by atoms with Gasteiger partial charge in [0.15, 0.2) is 5.78 Å². The number of nitrogens with two attached hydrogens (primary N) is 1. The molecule has 2 heterocycles. The molecule has 1 aromatic carbocycles. The van der Waals surface area contributed by atoms with Gasteiger partial charge >= 0.3 is 0 Å². The Hall–Kier alpha value is -2.77. The maximum atomic E-state index is 13.2. The Balaban J connectivity index is 1.90. The van der Waals surface area contributed by atoms with E-state index in [1.807, 2.05) is 30.5 Å². The van der Waals surface area contributed by atoms with Gasteiger partial charge in [0, 0.05) is 35.1 Å². The zero-order chi connectivity index (χ0) is 20.8. The number of carbonyl (C=O) groups excluding carboxylic acids is 1. The van der Waals surface area contributed by atoms with Gasteiger partial charge in [-0.25, -0.2) is 13.6 Å². The van der Waals surface area contributed by atoms with Crippen molar-refractivity contribution < 1.29 is 13.2 Å². The van der Waals surface area contributed by atoms with Crippen LogP contribution in [0.3, 0.4) is 0 Å². The van der Waals surface area contributed by atoms with Crippen molar-refractivity contribution in [3.05, 3.63) is 65.7 Å². The monoisotopic (exact) mass is 409 g/mol. The van der Waals surface area contributed by atoms with Gasteiger partial charge < -0.3 is 4.57 Å². The van der Waals surface area contributed by atoms with Gasteiger partial charge in [0.1, 0.15) is 0 Å². The lowest BCUT2D eigenvalue weighted by molar-refractivity contribution is 0.0976. The zero-order valence-corrected chi connectivity index (χ0v) is 17.2. The van der Waals surface area contributed by atoms with E-state index in [4.69, 9.17) is 5.14 Å². The number of sulfonamides is 1. The minimum atomic E-state index is -3.77. The zero-order valence-electron chi connectivity index (χ0n) is 16.4. The van der Waals surface area contributed by atoms with Gasteiger partial charge in [0.05, 0.1) is 16.8 Å². The van der Waals surface area contributed by atoms with E-state index in [0.717, 1.165) is 41.0 Å². The predicted octanol–water partition coefficient (Wildman–Crippen LogP) is 3.79. The third kappa shape index (κ3) is 3.75. The van der Waals surface area contributed by atoms with Crippen molar-refractivity contribution in [2.24, 2.45) is 11.1 Å². The molecule has 29 heavy (non-hydrogen) atoms. The fraction of sp³-hybridized carbons (Fsp3) is 0.273. The fourth-order valence-electron chi connectivity index (χ4n) is 3.90. The first-order valence-electron chi connectivity index (χ1n) is 9.56. The van der Waals surface area contributed by atoms with Crippen LogP contribution in [0.4, 0.5) is 0 Å². The average Bonchev–Trinajstić information content (AvgIpc) is 3.45. The van der Waals surface area contributed by atoms with Crippen LogP contribution in [-0.2, 0) is 10.0 Å². The van der Waals surface area contributed by atoms with Crippen molar-refractivity contribution in [1.82, 2.24) is 9.55 Å². The average molecular weight is 410 g/mol. The summed E-state index contributed by atoms with van der Waals surface area (Å²) in [5.74, 6) is 0.600. The van der Waals surface area contributed by atoms with Crippen LogP contribution in [0.2, 0.25) is 0 Å². The van der Waals surface area contributed by atoms with E-state index >= 15 is 0 Å². The smallest absolute Gasteiger partial charge is 0.238 e. The first-order chi connectivity index (χ1) is 13.8. The van der Waals surface area contributed by atoms with Gasteiger partial charge in [-0.05, 0) is 62.4 Å². The Kier molecular flexibility index (Phi) is 4.88. The van der Waals surface area contributed by atoms with Crippen LogP contribution in [0.1, 0.15) is 41.0 Å². The lowest BCUT2D eigenvalue weighted by atomic mass is 9.95. The molecule has 6 nitrogen and oxygen atoms in total. The molecule has 1 fully saturated rings. The van der Waals surface area contributed by atoms with Crippen molar-refractivity contribution >= 4 is 15.8 Å². The Bertz CT molecular complexity index is 1180. The second-order valence-electron chi connectivity index (χ2n) is 7.61. The molecule has 0 unspecified atom stereocenters. The summed E-state index contributed by atoms with van der Waals surface area (Å²) in [5, 5.41) is 5.23. The molecule has 2 N–H and O–H groups in total. The van der Waals surface area contributed by atoms with E-state index in [-0.39, 0.29) is 10.7 Å². The molecule has 1 aliphatic carbocycles. The number of nitrogens with zero attached hydrogens (tertiary/aromatic N) is 2. The molecule has 2 aromatic heterocycles. The molecule has 0 saturated heterocycles. The standard InChI is InChI=1S/C22H23N3O3S/c1-14-21(17-7-9-19(10-8-17)29(23,27)28)22(20(26)12-16-5-6-16)15(2)25(14)18-4-3-11-24-13-18/h3-4,7-11,13,16H,5-6,12H2,1-2H3,(H2,23,27,28). The van der Waals surface area contributed by atoms with Gasteiger partial charge in [-0.1, -0.05) is 12.1 Å². The number of Topliss-reactive ketones (excluding diaryl/α,β-unsaturated/α-hetero) is 1. The molecule has 3 aromatic rings. The Labute approximate surface area is 170 Å².